The smallest absolute Gasteiger partial charge is 0.307 e. The molecule has 20 heavy (non-hydrogen) atoms. The van der Waals surface area contributed by atoms with Gasteiger partial charge in [0.2, 0.25) is 11.8 Å². The van der Waals surface area contributed by atoms with Gasteiger partial charge in [0, 0.05) is 0 Å². The summed E-state index contributed by atoms with van der Waals surface area (Å²) in [6, 6.07) is 0. The SMILES string of the molecule is CCC1C[C@H](C(=O)NCc2nc(C)no2)[C@H](C(=O)O)C1. The van der Waals surface area contributed by atoms with E-state index in [2.05, 4.69) is 15.5 Å². The second-order valence-electron chi connectivity index (χ2n) is 5.25. The van der Waals surface area contributed by atoms with Gasteiger partial charge in [0.1, 0.15) is 0 Å². The van der Waals surface area contributed by atoms with E-state index in [9.17, 15) is 14.7 Å². The number of aromatic nitrogens is 2. The van der Waals surface area contributed by atoms with E-state index in [1.54, 1.807) is 6.92 Å². The van der Waals surface area contributed by atoms with Crippen molar-refractivity contribution in [1.82, 2.24) is 15.5 Å². The largest absolute Gasteiger partial charge is 0.481 e. The number of carboxylic acid groups (broad SMARTS) is 1. The number of hydrogen-bond donors (Lipinski definition) is 2. The molecule has 1 aromatic rings. The highest BCUT2D eigenvalue weighted by atomic mass is 16.5. The highest BCUT2D eigenvalue weighted by molar-refractivity contribution is 5.85. The van der Waals surface area contributed by atoms with Crippen LogP contribution in [0.25, 0.3) is 0 Å². The molecule has 7 heteroatoms. The number of carboxylic acids is 1. The predicted octanol–water partition coefficient (Wildman–Crippen LogP) is 1.13. The summed E-state index contributed by atoms with van der Waals surface area (Å²) in [5, 5.41) is 15.5. The van der Waals surface area contributed by atoms with Gasteiger partial charge in [-0.05, 0) is 25.7 Å². The molecule has 1 aromatic heterocycles. The van der Waals surface area contributed by atoms with Gasteiger partial charge in [-0.15, -0.1) is 0 Å². The van der Waals surface area contributed by atoms with Crippen molar-refractivity contribution >= 4 is 11.9 Å². The van der Waals surface area contributed by atoms with Gasteiger partial charge in [-0.25, -0.2) is 0 Å². The van der Waals surface area contributed by atoms with Gasteiger partial charge < -0.3 is 14.9 Å². The van der Waals surface area contributed by atoms with E-state index in [-0.39, 0.29) is 12.5 Å². The zero-order valence-corrected chi connectivity index (χ0v) is 11.6. The van der Waals surface area contributed by atoms with Gasteiger partial charge >= 0.3 is 5.97 Å². The minimum Gasteiger partial charge on any atom is -0.481 e. The van der Waals surface area contributed by atoms with Crippen molar-refractivity contribution in [2.45, 2.75) is 39.7 Å². The minimum absolute atomic E-state index is 0.138. The minimum atomic E-state index is -0.894. The standard InChI is InChI=1S/C13H19N3O4/c1-3-8-4-9(10(5-8)13(18)19)12(17)14-6-11-15-7(2)16-20-11/h8-10H,3-6H2,1-2H3,(H,14,17)(H,18,19)/t8?,9-,10+/m0/s1. The molecule has 3 atom stereocenters. The van der Waals surface area contributed by atoms with Gasteiger partial charge in [-0.2, -0.15) is 4.98 Å². The fourth-order valence-electron chi connectivity index (χ4n) is 2.74. The molecule has 1 unspecified atom stereocenters. The molecule has 2 rings (SSSR count). The fourth-order valence-corrected chi connectivity index (χ4v) is 2.74. The molecule has 1 fully saturated rings. The van der Waals surface area contributed by atoms with Gasteiger partial charge in [0.25, 0.3) is 0 Å². The molecule has 0 saturated heterocycles. The quantitative estimate of drug-likeness (QED) is 0.838. The molecule has 1 heterocycles. The monoisotopic (exact) mass is 281 g/mol. The maximum absolute atomic E-state index is 12.1. The van der Waals surface area contributed by atoms with E-state index in [1.165, 1.54) is 0 Å². The van der Waals surface area contributed by atoms with Crippen LogP contribution in [-0.4, -0.2) is 27.1 Å². The molecule has 1 aliphatic carbocycles. The first-order valence-corrected chi connectivity index (χ1v) is 6.81. The van der Waals surface area contributed by atoms with Crippen LogP contribution in [0.15, 0.2) is 4.52 Å². The number of rotatable bonds is 5. The predicted molar refractivity (Wildman–Crippen MR) is 68.5 cm³/mol. The molecule has 2 N–H and O–H groups in total. The number of nitrogens with one attached hydrogen (secondary N) is 1. The third kappa shape index (κ3) is 3.15. The normalized spacial score (nSPS) is 25.6. The summed E-state index contributed by atoms with van der Waals surface area (Å²) in [5.74, 6) is -1.07. The van der Waals surface area contributed by atoms with Crippen LogP contribution < -0.4 is 5.32 Å². The second kappa shape index (κ2) is 6.02. The lowest BCUT2D eigenvalue weighted by Gasteiger charge is -2.14. The number of carbonyl (C=O) groups is 2. The molecule has 0 aliphatic heterocycles. The van der Waals surface area contributed by atoms with Crippen molar-refractivity contribution in [2.75, 3.05) is 0 Å². The summed E-state index contributed by atoms with van der Waals surface area (Å²) in [6.45, 7) is 3.85. The van der Waals surface area contributed by atoms with Crippen LogP contribution in [0, 0.1) is 24.7 Å². The van der Waals surface area contributed by atoms with Crippen molar-refractivity contribution in [1.29, 1.82) is 0 Å². The van der Waals surface area contributed by atoms with E-state index < -0.39 is 17.8 Å². The van der Waals surface area contributed by atoms with Crippen LogP contribution >= 0.6 is 0 Å². The van der Waals surface area contributed by atoms with Crippen LogP contribution in [0.2, 0.25) is 0 Å². The first-order valence-electron chi connectivity index (χ1n) is 6.81. The summed E-state index contributed by atoms with van der Waals surface area (Å²) in [6.07, 6.45) is 2.10. The number of aryl methyl sites for hydroxylation is 1. The summed E-state index contributed by atoms with van der Waals surface area (Å²) < 4.78 is 4.90. The van der Waals surface area contributed by atoms with Gasteiger partial charge in [0.15, 0.2) is 5.82 Å². The Kier molecular flexibility index (Phi) is 4.36. The summed E-state index contributed by atoms with van der Waals surface area (Å²) in [5.41, 5.74) is 0. The Labute approximate surface area is 116 Å². The summed E-state index contributed by atoms with van der Waals surface area (Å²) in [4.78, 5) is 27.4. The Morgan fingerprint density at radius 3 is 2.65 bits per heavy atom. The Bertz CT molecular complexity index is 500. The topological polar surface area (TPSA) is 105 Å². The Balaban J connectivity index is 1.95. The van der Waals surface area contributed by atoms with Crippen LogP contribution in [0.4, 0.5) is 0 Å². The second-order valence-corrected chi connectivity index (χ2v) is 5.25. The molecule has 0 radical (unpaired) electrons. The van der Waals surface area contributed by atoms with E-state index >= 15 is 0 Å². The van der Waals surface area contributed by atoms with Gasteiger partial charge in [-0.3, -0.25) is 9.59 Å². The number of hydrogen-bond acceptors (Lipinski definition) is 5. The van der Waals surface area contributed by atoms with Crippen molar-refractivity contribution in [3.05, 3.63) is 11.7 Å². The molecule has 0 aromatic carbocycles. The Morgan fingerprint density at radius 2 is 2.10 bits per heavy atom. The summed E-state index contributed by atoms with van der Waals surface area (Å²) >= 11 is 0. The Morgan fingerprint density at radius 1 is 1.40 bits per heavy atom. The van der Waals surface area contributed by atoms with Crippen LogP contribution in [0.5, 0.6) is 0 Å². The molecule has 1 amide bonds. The van der Waals surface area contributed by atoms with Crippen LogP contribution in [0.1, 0.15) is 37.9 Å². The fraction of sp³-hybridized carbons (Fsp3) is 0.692. The van der Waals surface area contributed by atoms with Crippen LogP contribution in [-0.2, 0) is 16.1 Å². The van der Waals surface area contributed by atoms with Crippen molar-refractivity contribution in [3.8, 4) is 0 Å². The van der Waals surface area contributed by atoms with E-state index in [0.29, 0.717) is 30.5 Å². The van der Waals surface area contributed by atoms with E-state index in [1.807, 2.05) is 6.92 Å². The maximum Gasteiger partial charge on any atom is 0.307 e. The number of amides is 1. The lowest BCUT2D eigenvalue weighted by Crippen LogP contribution is -2.35. The zero-order chi connectivity index (χ0) is 14.7. The first-order chi connectivity index (χ1) is 9.51. The van der Waals surface area contributed by atoms with Crippen molar-refractivity contribution in [2.24, 2.45) is 17.8 Å². The molecule has 1 saturated carbocycles. The van der Waals surface area contributed by atoms with Crippen molar-refractivity contribution < 1.29 is 19.2 Å². The molecular formula is C13H19N3O4. The average Bonchev–Trinajstić information content (AvgIpc) is 3.02. The molecular weight excluding hydrogens is 262 g/mol. The highest BCUT2D eigenvalue weighted by Crippen LogP contribution is 2.38. The third-order valence-electron chi connectivity index (χ3n) is 3.88. The van der Waals surface area contributed by atoms with Gasteiger partial charge in [-0.1, -0.05) is 18.5 Å². The lowest BCUT2D eigenvalue weighted by atomic mass is 9.95. The zero-order valence-electron chi connectivity index (χ0n) is 11.6. The number of carbonyl (C=O) groups excluding carboxylic acids is 1. The van der Waals surface area contributed by atoms with E-state index in [4.69, 9.17) is 4.52 Å². The highest BCUT2D eigenvalue weighted by Gasteiger charge is 2.42. The molecule has 1 aliphatic rings. The number of nitrogens with zero attached hydrogens (tertiary/aromatic N) is 2. The molecule has 0 spiro atoms. The average molecular weight is 281 g/mol. The number of aliphatic carboxylic acids is 1. The lowest BCUT2D eigenvalue weighted by molar-refractivity contribution is -0.146. The molecule has 7 nitrogen and oxygen atoms in total. The van der Waals surface area contributed by atoms with Gasteiger partial charge in [0.05, 0.1) is 18.4 Å². The van der Waals surface area contributed by atoms with Crippen LogP contribution in [0.3, 0.4) is 0 Å². The van der Waals surface area contributed by atoms with Crippen molar-refractivity contribution in [3.63, 3.8) is 0 Å². The maximum atomic E-state index is 12.1. The molecule has 0 bridgehead atoms. The summed E-state index contributed by atoms with van der Waals surface area (Å²) in [7, 11) is 0. The Hall–Kier alpha value is -1.92. The first kappa shape index (κ1) is 14.5. The van der Waals surface area contributed by atoms with E-state index in [0.717, 1.165) is 6.42 Å². The third-order valence-corrected chi connectivity index (χ3v) is 3.88. The molecule has 110 valence electrons.